The Morgan fingerprint density at radius 1 is 0.975 bits per heavy atom. The van der Waals surface area contributed by atoms with Crippen LogP contribution in [0.15, 0.2) is 34.9 Å². The minimum absolute atomic E-state index is 0.00855. The Bertz CT molecular complexity index is 1190. The first-order valence-corrected chi connectivity index (χ1v) is 12.7. The number of Topliss-reactive ketones (excluding diaryl/α,β-unsaturated/α-hetero) is 1. The molecule has 1 aliphatic heterocycles. The second-order valence-corrected chi connectivity index (χ2v) is 9.66. The highest BCUT2D eigenvalue weighted by molar-refractivity contribution is 5.99. The zero-order valence-corrected chi connectivity index (χ0v) is 23.3. The van der Waals surface area contributed by atoms with E-state index in [0.29, 0.717) is 24.4 Å². The molecule has 13 heteroatoms. The Morgan fingerprint density at radius 3 is 2.15 bits per heavy atom. The van der Waals surface area contributed by atoms with Crippen LogP contribution in [0.2, 0.25) is 0 Å². The van der Waals surface area contributed by atoms with Gasteiger partial charge in [0.05, 0.1) is 33.0 Å². The number of nitrogens with one attached hydrogen (secondary N) is 3. The molecule has 0 unspecified atom stereocenters. The lowest BCUT2D eigenvalue weighted by atomic mass is 9.94. The molecule has 0 saturated carbocycles. The molecule has 3 N–H and O–H groups in total. The van der Waals surface area contributed by atoms with Crippen LogP contribution in [0.25, 0.3) is 0 Å². The maximum absolute atomic E-state index is 13.3. The molecule has 1 aliphatic rings. The molecule has 1 aromatic heterocycles. The summed E-state index contributed by atoms with van der Waals surface area (Å²) in [5, 5.41) is 11.5. The van der Waals surface area contributed by atoms with Crippen molar-refractivity contribution in [2.24, 2.45) is 0 Å². The van der Waals surface area contributed by atoms with E-state index >= 15 is 0 Å². The number of ether oxygens (including phenoxy) is 4. The quantitative estimate of drug-likeness (QED) is 0.243. The summed E-state index contributed by atoms with van der Waals surface area (Å²) in [4.78, 5) is 52.1. The van der Waals surface area contributed by atoms with Gasteiger partial charge < -0.3 is 39.4 Å². The van der Waals surface area contributed by atoms with Gasteiger partial charge in [-0.3, -0.25) is 19.2 Å². The first-order valence-electron chi connectivity index (χ1n) is 12.7. The van der Waals surface area contributed by atoms with Gasteiger partial charge in [-0.25, -0.2) is 0 Å². The highest BCUT2D eigenvalue weighted by atomic mass is 16.6. The molecule has 2 heterocycles. The third-order valence-electron chi connectivity index (χ3n) is 6.37. The molecular weight excluding hydrogens is 524 g/mol. The summed E-state index contributed by atoms with van der Waals surface area (Å²) >= 11 is 0. The van der Waals surface area contributed by atoms with Gasteiger partial charge in [-0.1, -0.05) is 17.3 Å². The summed E-state index contributed by atoms with van der Waals surface area (Å²) in [7, 11) is 4.31. The van der Waals surface area contributed by atoms with Crippen molar-refractivity contribution >= 4 is 23.5 Å². The van der Waals surface area contributed by atoms with Crippen molar-refractivity contribution in [2.45, 2.75) is 50.4 Å². The van der Waals surface area contributed by atoms with E-state index in [1.165, 1.54) is 20.3 Å². The average Bonchev–Trinajstić information content (AvgIpc) is 3.55. The first-order chi connectivity index (χ1) is 19.1. The molecule has 2 aromatic rings. The van der Waals surface area contributed by atoms with Gasteiger partial charge in [0.15, 0.2) is 11.5 Å². The SMILES string of the molecule is COC[C@H](NC(=O)c1cc(C)on1)C(=O)N[C@@H](COC)C(=O)N[C@@H](CCc1cccc(OC)c1)C(=O)[C@@]1(C)CO1. The number of methoxy groups -OCH3 is 3. The molecule has 0 spiro atoms. The Kier molecular flexibility index (Phi) is 10.8. The van der Waals surface area contributed by atoms with Gasteiger partial charge in [-0.05, 0) is 44.4 Å². The summed E-state index contributed by atoms with van der Waals surface area (Å²) in [6, 6.07) is 5.65. The molecule has 40 heavy (non-hydrogen) atoms. The maximum Gasteiger partial charge on any atom is 0.274 e. The van der Waals surface area contributed by atoms with Crippen LogP contribution in [0.5, 0.6) is 5.75 Å². The molecule has 13 nitrogen and oxygen atoms in total. The zero-order chi connectivity index (χ0) is 29.3. The van der Waals surface area contributed by atoms with E-state index in [2.05, 4.69) is 21.1 Å². The minimum Gasteiger partial charge on any atom is -0.497 e. The van der Waals surface area contributed by atoms with Gasteiger partial charge in [-0.15, -0.1) is 0 Å². The van der Waals surface area contributed by atoms with E-state index in [1.807, 2.05) is 24.3 Å². The number of aromatic nitrogens is 1. The number of rotatable bonds is 16. The fraction of sp³-hybridized carbons (Fsp3) is 0.519. The summed E-state index contributed by atoms with van der Waals surface area (Å²) in [5.74, 6) is -1.12. The third kappa shape index (κ3) is 8.34. The average molecular weight is 561 g/mol. The number of ketones is 1. The Balaban J connectivity index is 1.69. The van der Waals surface area contributed by atoms with Gasteiger partial charge in [0.1, 0.15) is 29.2 Å². The van der Waals surface area contributed by atoms with E-state index in [-0.39, 0.29) is 31.3 Å². The summed E-state index contributed by atoms with van der Waals surface area (Å²) in [6.45, 7) is 3.20. The van der Waals surface area contributed by atoms with Crippen LogP contribution in [0.1, 0.15) is 35.2 Å². The Hall–Kier alpha value is -3.81. The third-order valence-corrected chi connectivity index (χ3v) is 6.37. The minimum atomic E-state index is -1.16. The molecule has 3 amide bonds. The van der Waals surface area contributed by atoms with Crippen LogP contribution in [0.3, 0.4) is 0 Å². The predicted octanol–water partition coefficient (Wildman–Crippen LogP) is 0.343. The van der Waals surface area contributed by atoms with Crippen LogP contribution in [0.4, 0.5) is 0 Å². The molecular formula is C27H36N4O9. The standard InChI is InChI=1S/C27H36N4O9/c1-16-11-20(31-40-16)24(33)29-22(14-37-4)26(35)30-21(13-36-3)25(34)28-19(23(32)27(2)15-39-27)10-9-17-7-6-8-18(12-17)38-5/h6-8,11-12,19,21-22H,9-10,13-15H2,1-5H3,(H,28,34)(H,29,33)(H,30,35)/t19-,21-,22-,27+/m0/s1. The molecule has 0 radical (unpaired) electrons. The molecule has 218 valence electrons. The number of carbonyl (C=O) groups is 4. The molecule has 3 rings (SSSR count). The molecule has 4 atom stereocenters. The Labute approximate surface area is 232 Å². The van der Waals surface area contributed by atoms with E-state index < -0.39 is 41.4 Å². The largest absolute Gasteiger partial charge is 0.497 e. The van der Waals surface area contributed by atoms with Crippen molar-refractivity contribution in [3.8, 4) is 5.75 Å². The van der Waals surface area contributed by atoms with Gasteiger partial charge in [-0.2, -0.15) is 0 Å². The van der Waals surface area contributed by atoms with Crippen LogP contribution >= 0.6 is 0 Å². The number of amides is 3. The lowest BCUT2D eigenvalue weighted by Gasteiger charge is -2.25. The lowest BCUT2D eigenvalue weighted by Crippen LogP contribution is -2.58. The fourth-order valence-corrected chi connectivity index (χ4v) is 3.98. The van der Waals surface area contributed by atoms with Gasteiger partial charge in [0.25, 0.3) is 5.91 Å². The van der Waals surface area contributed by atoms with E-state index in [4.69, 9.17) is 23.5 Å². The second kappa shape index (κ2) is 14.0. The van der Waals surface area contributed by atoms with Crippen molar-refractivity contribution < 1.29 is 42.6 Å². The molecule has 1 fully saturated rings. The first kappa shape index (κ1) is 30.7. The topological polar surface area (TPSA) is 171 Å². The van der Waals surface area contributed by atoms with Crippen LogP contribution in [0, 0.1) is 6.92 Å². The zero-order valence-electron chi connectivity index (χ0n) is 23.3. The van der Waals surface area contributed by atoms with Crippen molar-refractivity contribution in [1.29, 1.82) is 0 Å². The fourth-order valence-electron chi connectivity index (χ4n) is 3.98. The maximum atomic E-state index is 13.3. The van der Waals surface area contributed by atoms with E-state index in [0.717, 1.165) is 5.56 Å². The normalized spacial score (nSPS) is 18.2. The van der Waals surface area contributed by atoms with Gasteiger partial charge in [0.2, 0.25) is 11.8 Å². The van der Waals surface area contributed by atoms with Crippen LogP contribution < -0.4 is 20.7 Å². The summed E-state index contributed by atoms with van der Waals surface area (Å²) in [6.07, 6.45) is 0.776. The van der Waals surface area contributed by atoms with Gasteiger partial charge >= 0.3 is 0 Å². The highest BCUT2D eigenvalue weighted by Crippen LogP contribution is 2.29. The van der Waals surface area contributed by atoms with Crippen LogP contribution in [-0.4, -0.2) is 93.5 Å². The number of hydrogen-bond donors (Lipinski definition) is 3. The van der Waals surface area contributed by atoms with Gasteiger partial charge in [0, 0.05) is 20.3 Å². The monoisotopic (exact) mass is 560 g/mol. The number of aryl methyl sites for hydroxylation is 2. The van der Waals surface area contributed by atoms with Crippen molar-refractivity contribution in [1.82, 2.24) is 21.1 Å². The smallest absolute Gasteiger partial charge is 0.274 e. The second-order valence-electron chi connectivity index (χ2n) is 9.66. The molecule has 1 aromatic carbocycles. The summed E-state index contributed by atoms with van der Waals surface area (Å²) in [5.41, 5.74) is -0.0548. The number of nitrogens with zero attached hydrogens (tertiary/aromatic N) is 1. The van der Waals surface area contributed by atoms with Crippen molar-refractivity contribution in [3.63, 3.8) is 0 Å². The molecule has 0 bridgehead atoms. The van der Waals surface area contributed by atoms with E-state index in [1.54, 1.807) is 21.0 Å². The highest BCUT2D eigenvalue weighted by Gasteiger charge is 2.50. The molecule has 1 saturated heterocycles. The number of benzene rings is 1. The van der Waals surface area contributed by atoms with Crippen LogP contribution in [-0.2, 0) is 35.0 Å². The number of epoxide rings is 1. The Morgan fingerprint density at radius 2 is 1.60 bits per heavy atom. The summed E-state index contributed by atoms with van der Waals surface area (Å²) < 4.78 is 25.7. The molecule has 0 aliphatic carbocycles. The predicted molar refractivity (Wildman–Crippen MR) is 141 cm³/mol. The number of hydrogen-bond acceptors (Lipinski definition) is 10. The number of carbonyl (C=O) groups excluding carboxylic acids is 4. The lowest BCUT2D eigenvalue weighted by molar-refractivity contribution is -0.134. The van der Waals surface area contributed by atoms with E-state index in [9.17, 15) is 19.2 Å². The van der Waals surface area contributed by atoms with Crippen molar-refractivity contribution in [2.75, 3.05) is 41.2 Å². The van der Waals surface area contributed by atoms with Crippen molar-refractivity contribution in [3.05, 3.63) is 47.3 Å².